The molecule has 1 aromatic heterocycles. The minimum absolute atomic E-state index is 0.146. The van der Waals surface area contributed by atoms with Crippen LogP contribution in [0.2, 0.25) is 0 Å². The largest absolute Gasteiger partial charge is 0.469 e. The lowest BCUT2D eigenvalue weighted by Gasteiger charge is -2.20. The Bertz CT molecular complexity index is 722. The number of sulfonamides is 1. The van der Waals surface area contributed by atoms with E-state index in [-0.39, 0.29) is 6.04 Å². The second kappa shape index (κ2) is 7.96. The lowest BCUT2D eigenvalue weighted by Crippen LogP contribution is -2.29. The van der Waals surface area contributed by atoms with Crippen molar-refractivity contribution in [1.29, 1.82) is 0 Å². The van der Waals surface area contributed by atoms with Gasteiger partial charge in [0.15, 0.2) is 0 Å². The van der Waals surface area contributed by atoms with Crippen LogP contribution >= 0.6 is 0 Å². The summed E-state index contributed by atoms with van der Waals surface area (Å²) < 4.78 is 30.8. The van der Waals surface area contributed by atoms with E-state index in [0.717, 1.165) is 24.2 Å². The summed E-state index contributed by atoms with van der Waals surface area (Å²) in [6, 6.07) is 11.4. The summed E-state index contributed by atoms with van der Waals surface area (Å²) in [6.45, 7) is 4.23. The maximum Gasteiger partial charge on any atom is 0.242 e. The van der Waals surface area contributed by atoms with E-state index in [1.54, 1.807) is 18.4 Å². The van der Waals surface area contributed by atoms with E-state index in [9.17, 15) is 8.42 Å². The van der Waals surface area contributed by atoms with Gasteiger partial charge in [-0.3, -0.25) is 0 Å². The highest BCUT2D eigenvalue weighted by Crippen LogP contribution is 2.19. The first kappa shape index (κ1) is 18.7. The van der Waals surface area contributed by atoms with Gasteiger partial charge in [-0.25, -0.2) is 12.7 Å². The summed E-state index contributed by atoms with van der Waals surface area (Å²) in [5.41, 5.74) is 1.07. The van der Waals surface area contributed by atoms with Gasteiger partial charge in [0.1, 0.15) is 5.76 Å². The van der Waals surface area contributed by atoms with Crippen LogP contribution in [0.3, 0.4) is 0 Å². The normalized spacial score (nSPS) is 14.7. The molecule has 0 bridgehead atoms. The van der Waals surface area contributed by atoms with Crippen LogP contribution in [0.4, 0.5) is 0 Å². The average molecular weight is 350 g/mol. The van der Waals surface area contributed by atoms with Crippen molar-refractivity contribution < 1.29 is 12.8 Å². The molecule has 0 amide bonds. The molecule has 0 saturated heterocycles. The molecular formula is C18H26N2O3S. The Morgan fingerprint density at radius 3 is 2.33 bits per heavy atom. The van der Waals surface area contributed by atoms with E-state index in [1.807, 2.05) is 24.3 Å². The number of nitrogens with one attached hydrogen (secondary N) is 1. The molecule has 2 rings (SSSR count). The van der Waals surface area contributed by atoms with E-state index in [1.165, 1.54) is 18.4 Å². The maximum absolute atomic E-state index is 12.1. The van der Waals surface area contributed by atoms with Gasteiger partial charge in [-0.05, 0) is 50.1 Å². The summed E-state index contributed by atoms with van der Waals surface area (Å²) in [7, 11) is -0.302. The Morgan fingerprint density at radius 2 is 1.79 bits per heavy atom. The lowest BCUT2D eigenvalue weighted by molar-refractivity contribution is 0.430. The first-order valence-electron chi connectivity index (χ1n) is 8.11. The third kappa shape index (κ3) is 4.69. The van der Waals surface area contributed by atoms with Crippen molar-refractivity contribution in [3.63, 3.8) is 0 Å². The average Bonchev–Trinajstić information content (AvgIpc) is 3.06. The molecule has 24 heavy (non-hydrogen) atoms. The molecule has 0 spiro atoms. The fraction of sp³-hybridized carbons (Fsp3) is 0.444. The van der Waals surface area contributed by atoms with Gasteiger partial charge in [0.25, 0.3) is 0 Å². The molecule has 1 aromatic carbocycles. The van der Waals surface area contributed by atoms with Gasteiger partial charge in [-0.1, -0.05) is 12.1 Å². The summed E-state index contributed by atoms with van der Waals surface area (Å²) in [5.74, 6) is 0.995. The van der Waals surface area contributed by atoms with Crippen LogP contribution < -0.4 is 5.32 Å². The summed E-state index contributed by atoms with van der Waals surface area (Å²) in [6.07, 6.45) is 3.57. The molecule has 0 fully saturated rings. The van der Waals surface area contributed by atoms with E-state index >= 15 is 0 Å². The van der Waals surface area contributed by atoms with E-state index in [4.69, 9.17) is 4.42 Å². The van der Waals surface area contributed by atoms with Crippen molar-refractivity contribution in [3.8, 4) is 0 Å². The molecule has 1 N–H and O–H groups in total. The molecule has 6 heteroatoms. The molecule has 1 heterocycles. The van der Waals surface area contributed by atoms with Crippen molar-refractivity contribution in [2.45, 2.75) is 43.7 Å². The zero-order chi connectivity index (χ0) is 17.7. The number of rotatable bonds is 8. The Balaban J connectivity index is 1.93. The minimum Gasteiger partial charge on any atom is -0.469 e. The van der Waals surface area contributed by atoms with Crippen LogP contribution in [0.5, 0.6) is 0 Å². The number of furan rings is 1. The highest BCUT2D eigenvalue weighted by atomic mass is 32.2. The van der Waals surface area contributed by atoms with Crippen molar-refractivity contribution in [1.82, 2.24) is 9.62 Å². The molecule has 0 saturated carbocycles. The molecule has 0 aliphatic rings. The van der Waals surface area contributed by atoms with Crippen LogP contribution in [0.15, 0.2) is 52.0 Å². The first-order chi connectivity index (χ1) is 11.3. The van der Waals surface area contributed by atoms with Gasteiger partial charge in [-0.15, -0.1) is 0 Å². The SMILES string of the molecule is CC(CCc1ccco1)NC(C)c1ccc(S(=O)(=O)N(C)C)cc1. The quantitative estimate of drug-likeness (QED) is 0.794. The zero-order valence-corrected chi connectivity index (χ0v) is 15.5. The molecule has 5 nitrogen and oxygen atoms in total. The predicted octanol–water partition coefficient (Wildman–Crippen LogP) is 3.20. The number of nitrogens with zero attached hydrogens (tertiary/aromatic N) is 1. The van der Waals surface area contributed by atoms with Gasteiger partial charge in [0.05, 0.1) is 11.2 Å². The second-order valence-electron chi connectivity index (χ2n) is 6.26. The fourth-order valence-corrected chi connectivity index (χ4v) is 3.46. The molecular weight excluding hydrogens is 324 g/mol. The van der Waals surface area contributed by atoms with Crippen molar-refractivity contribution in [2.24, 2.45) is 0 Å². The Hall–Kier alpha value is -1.63. The molecule has 2 aromatic rings. The van der Waals surface area contributed by atoms with Crippen molar-refractivity contribution in [2.75, 3.05) is 14.1 Å². The second-order valence-corrected chi connectivity index (χ2v) is 8.42. The van der Waals surface area contributed by atoms with Crippen molar-refractivity contribution in [3.05, 3.63) is 54.0 Å². The van der Waals surface area contributed by atoms with Crippen LogP contribution in [0.1, 0.15) is 37.6 Å². The minimum atomic E-state index is -3.37. The zero-order valence-electron chi connectivity index (χ0n) is 14.7. The number of hydrogen-bond donors (Lipinski definition) is 1. The van der Waals surface area contributed by atoms with Gasteiger partial charge in [0, 0.05) is 32.6 Å². The number of aryl methyl sites for hydroxylation is 1. The molecule has 0 radical (unpaired) electrons. The third-order valence-corrected chi connectivity index (χ3v) is 5.93. The molecule has 132 valence electrons. The van der Waals surface area contributed by atoms with Crippen molar-refractivity contribution >= 4 is 10.0 Å². The molecule has 0 aliphatic heterocycles. The smallest absolute Gasteiger partial charge is 0.242 e. The van der Waals surface area contributed by atoms with Gasteiger partial charge < -0.3 is 9.73 Å². The van der Waals surface area contributed by atoms with Gasteiger partial charge in [0.2, 0.25) is 10.0 Å². The standard InChI is InChI=1S/C18H26N2O3S/c1-14(7-10-17-6-5-13-23-17)19-15(2)16-8-11-18(12-9-16)24(21,22)20(3)4/h5-6,8-9,11-15,19H,7,10H2,1-4H3. The maximum atomic E-state index is 12.1. The summed E-state index contributed by atoms with van der Waals surface area (Å²) in [4.78, 5) is 0.314. The number of hydrogen-bond acceptors (Lipinski definition) is 4. The van der Waals surface area contributed by atoms with Crippen LogP contribution in [0, 0.1) is 0 Å². The number of benzene rings is 1. The third-order valence-electron chi connectivity index (χ3n) is 4.10. The molecule has 2 unspecified atom stereocenters. The van der Waals surface area contributed by atoms with E-state index < -0.39 is 10.0 Å². The van der Waals surface area contributed by atoms with Crippen LogP contribution in [0.25, 0.3) is 0 Å². The Kier molecular flexibility index (Phi) is 6.21. The van der Waals surface area contributed by atoms with Crippen LogP contribution in [-0.2, 0) is 16.4 Å². The van der Waals surface area contributed by atoms with E-state index in [0.29, 0.717) is 10.9 Å². The molecule has 0 aliphatic carbocycles. The summed E-state index contributed by atoms with van der Waals surface area (Å²) >= 11 is 0. The Labute approximate surface area is 144 Å². The van der Waals surface area contributed by atoms with Crippen LogP contribution in [-0.4, -0.2) is 32.9 Å². The van der Waals surface area contributed by atoms with E-state index in [2.05, 4.69) is 19.2 Å². The fourth-order valence-electron chi connectivity index (χ4n) is 2.56. The first-order valence-corrected chi connectivity index (χ1v) is 9.55. The highest BCUT2D eigenvalue weighted by molar-refractivity contribution is 7.89. The topological polar surface area (TPSA) is 62.6 Å². The highest BCUT2D eigenvalue weighted by Gasteiger charge is 2.17. The van der Waals surface area contributed by atoms with Gasteiger partial charge in [-0.2, -0.15) is 0 Å². The summed E-state index contributed by atoms with van der Waals surface area (Å²) in [5, 5.41) is 3.54. The molecule has 2 atom stereocenters. The van der Waals surface area contributed by atoms with Gasteiger partial charge >= 0.3 is 0 Å². The lowest BCUT2D eigenvalue weighted by atomic mass is 10.1. The Morgan fingerprint density at radius 1 is 1.12 bits per heavy atom. The predicted molar refractivity (Wildman–Crippen MR) is 95.4 cm³/mol. The monoisotopic (exact) mass is 350 g/mol.